The van der Waals surface area contributed by atoms with Crippen molar-refractivity contribution in [2.45, 2.75) is 31.2 Å². The van der Waals surface area contributed by atoms with E-state index in [1.807, 2.05) is 13.8 Å². The van der Waals surface area contributed by atoms with Crippen molar-refractivity contribution < 1.29 is 17.9 Å². The number of nitrogens with one attached hydrogen (secondary N) is 2. The van der Waals surface area contributed by atoms with Crippen molar-refractivity contribution in [1.29, 1.82) is 0 Å². The highest BCUT2D eigenvalue weighted by molar-refractivity contribution is 7.89. The topological polar surface area (TPSA) is 76.7 Å². The molecule has 1 aliphatic heterocycles. The van der Waals surface area contributed by atoms with Crippen LogP contribution in [0.2, 0.25) is 0 Å². The maximum absolute atomic E-state index is 12.4. The van der Waals surface area contributed by atoms with Gasteiger partial charge in [0.15, 0.2) is 11.5 Å². The van der Waals surface area contributed by atoms with Crippen molar-refractivity contribution in [3.8, 4) is 11.5 Å². The normalized spacial score (nSPS) is 18.7. The third kappa shape index (κ3) is 4.09. The summed E-state index contributed by atoms with van der Waals surface area (Å²) in [6.45, 7) is 6.16. The molecular formula is C14H22N2O4S. The fourth-order valence-corrected chi connectivity index (χ4v) is 3.53. The van der Waals surface area contributed by atoms with Crippen LogP contribution >= 0.6 is 0 Å². The van der Waals surface area contributed by atoms with Crippen LogP contribution in [0.25, 0.3) is 0 Å². The van der Waals surface area contributed by atoms with E-state index in [1.165, 1.54) is 12.1 Å². The summed E-state index contributed by atoms with van der Waals surface area (Å²) < 4.78 is 38.4. The van der Waals surface area contributed by atoms with E-state index in [0.29, 0.717) is 31.3 Å². The number of hydrogen-bond acceptors (Lipinski definition) is 5. The summed E-state index contributed by atoms with van der Waals surface area (Å²) in [5, 5.41) is 3.13. The number of hydrogen-bond donors (Lipinski definition) is 2. The molecule has 0 saturated carbocycles. The Morgan fingerprint density at radius 3 is 2.57 bits per heavy atom. The number of benzene rings is 1. The monoisotopic (exact) mass is 314 g/mol. The van der Waals surface area contributed by atoms with Gasteiger partial charge in [-0.15, -0.1) is 0 Å². The van der Waals surface area contributed by atoms with E-state index in [0.717, 1.165) is 13.0 Å². The van der Waals surface area contributed by atoms with Crippen molar-refractivity contribution in [2.24, 2.45) is 0 Å². The zero-order valence-electron chi connectivity index (χ0n) is 12.4. The van der Waals surface area contributed by atoms with Gasteiger partial charge in [0.05, 0.1) is 18.1 Å². The molecule has 21 heavy (non-hydrogen) atoms. The van der Waals surface area contributed by atoms with Crippen molar-refractivity contribution in [3.05, 3.63) is 18.2 Å². The fourth-order valence-electron chi connectivity index (χ4n) is 2.24. The van der Waals surface area contributed by atoms with Gasteiger partial charge in [-0.05, 0) is 38.9 Å². The van der Waals surface area contributed by atoms with Crippen LogP contribution in [0.1, 0.15) is 20.3 Å². The molecule has 0 bridgehead atoms. The van der Waals surface area contributed by atoms with Crippen LogP contribution in [0.15, 0.2) is 23.1 Å². The average molecular weight is 314 g/mol. The van der Waals surface area contributed by atoms with Gasteiger partial charge in [-0.25, -0.2) is 13.1 Å². The van der Waals surface area contributed by atoms with Gasteiger partial charge in [0, 0.05) is 18.7 Å². The van der Waals surface area contributed by atoms with Gasteiger partial charge in [-0.3, -0.25) is 0 Å². The minimum absolute atomic E-state index is 0.0582. The van der Waals surface area contributed by atoms with E-state index in [2.05, 4.69) is 10.0 Å². The first-order valence-electron chi connectivity index (χ1n) is 7.19. The summed E-state index contributed by atoms with van der Waals surface area (Å²) in [4.78, 5) is 0.196. The van der Waals surface area contributed by atoms with Crippen molar-refractivity contribution in [3.63, 3.8) is 0 Å². The Morgan fingerprint density at radius 1 is 1.24 bits per heavy atom. The minimum atomic E-state index is -3.54. The van der Waals surface area contributed by atoms with Crippen LogP contribution in [-0.4, -0.2) is 40.8 Å². The molecule has 118 valence electrons. The van der Waals surface area contributed by atoms with Crippen LogP contribution in [0.4, 0.5) is 0 Å². The molecule has 6 nitrogen and oxygen atoms in total. The number of sulfonamides is 1. The van der Waals surface area contributed by atoms with Crippen molar-refractivity contribution in [2.75, 3.05) is 26.3 Å². The summed E-state index contributed by atoms with van der Waals surface area (Å²) in [6.07, 6.45) is 0.800. The number of rotatable bonds is 7. The van der Waals surface area contributed by atoms with Gasteiger partial charge in [0.25, 0.3) is 0 Å². The van der Waals surface area contributed by atoms with E-state index in [-0.39, 0.29) is 10.9 Å². The first-order chi connectivity index (χ1) is 10.1. The third-order valence-corrected chi connectivity index (χ3v) is 4.73. The van der Waals surface area contributed by atoms with Crippen molar-refractivity contribution in [1.82, 2.24) is 10.0 Å². The summed E-state index contributed by atoms with van der Waals surface area (Å²) >= 11 is 0. The summed E-state index contributed by atoms with van der Waals surface area (Å²) in [5.74, 6) is 1.01. The standard InChI is InChI=1S/C14H22N2O4S/c1-3-19-13-6-5-12(9-14(13)20-4-2)21(17,18)16-11-7-8-15-10-11/h5-6,9,11,15-16H,3-4,7-8,10H2,1-2H3. The molecule has 7 heteroatoms. The quantitative estimate of drug-likeness (QED) is 0.789. The maximum Gasteiger partial charge on any atom is 0.241 e. The Kier molecular flexibility index (Phi) is 5.44. The Hall–Kier alpha value is -1.31. The molecule has 1 fully saturated rings. The molecule has 1 aromatic rings. The molecular weight excluding hydrogens is 292 g/mol. The van der Waals surface area contributed by atoms with E-state index >= 15 is 0 Å². The van der Waals surface area contributed by atoms with Gasteiger partial charge >= 0.3 is 0 Å². The lowest BCUT2D eigenvalue weighted by molar-refractivity contribution is 0.287. The summed E-state index contributed by atoms with van der Waals surface area (Å²) in [6, 6.07) is 4.63. The lowest BCUT2D eigenvalue weighted by Gasteiger charge is -2.15. The Balaban J connectivity index is 2.23. The van der Waals surface area contributed by atoms with E-state index < -0.39 is 10.0 Å². The number of ether oxygens (including phenoxy) is 2. The first-order valence-corrected chi connectivity index (χ1v) is 8.67. The van der Waals surface area contributed by atoms with Gasteiger partial charge in [0.1, 0.15) is 0 Å². The Morgan fingerprint density at radius 2 is 1.95 bits per heavy atom. The van der Waals surface area contributed by atoms with E-state index in [9.17, 15) is 8.42 Å². The smallest absolute Gasteiger partial charge is 0.241 e. The molecule has 1 aromatic carbocycles. The summed E-state index contributed by atoms with van der Waals surface area (Å²) in [5.41, 5.74) is 0. The highest BCUT2D eigenvalue weighted by Gasteiger charge is 2.23. The Bertz CT molecular complexity index is 568. The molecule has 1 atom stereocenters. The minimum Gasteiger partial charge on any atom is -0.490 e. The second-order valence-corrected chi connectivity index (χ2v) is 6.50. The largest absolute Gasteiger partial charge is 0.490 e. The molecule has 2 rings (SSSR count). The highest BCUT2D eigenvalue weighted by Crippen LogP contribution is 2.30. The van der Waals surface area contributed by atoms with Crippen LogP contribution in [0.3, 0.4) is 0 Å². The van der Waals surface area contributed by atoms with Crippen LogP contribution in [-0.2, 0) is 10.0 Å². The lowest BCUT2D eigenvalue weighted by atomic mass is 10.3. The highest BCUT2D eigenvalue weighted by atomic mass is 32.2. The molecule has 0 aliphatic carbocycles. The zero-order valence-corrected chi connectivity index (χ0v) is 13.2. The van der Waals surface area contributed by atoms with E-state index in [1.54, 1.807) is 6.07 Å². The fraction of sp³-hybridized carbons (Fsp3) is 0.571. The average Bonchev–Trinajstić information content (AvgIpc) is 2.93. The molecule has 0 aromatic heterocycles. The first kappa shape index (κ1) is 16.1. The van der Waals surface area contributed by atoms with Crippen LogP contribution < -0.4 is 19.5 Å². The maximum atomic E-state index is 12.4. The second-order valence-electron chi connectivity index (χ2n) is 4.79. The predicted molar refractivity (Wildman–Crippen MR) is 80.4 cm³/mol. The molecule has 2 N–H and O–H groups in total. The molecule has 1 aliphatic rings. The molecule has 0 amide bonds. The predicted octanol–water partition coefficient (Wildman–Crippen LogP) is 1.12. The van der Waals surface area contributed by atoms with E-state index in [4.69, 9.17) is 9.47 Å². The molecule has 0 spiro atoms. The lowest BCUT2D eigenvalue weighted by Crippen LogP contribution is -2.36. The van der Waals surface area contributed by atoms with Gasteiger partial charge in [0.2, 0.25) is 10.0 Å². The summed E-state index contributed by atoms with van der Waals surface area (Å²) in [7, 11) is -3.54. The third-order valence-electron chi connectivity index (χ3n) is 3.21. The van der Waals surface area contributed by atoms with Gasteiger partial charge in [-0.1, -0.05) is 0 Å². The molecule has 1 saturated heterocycles. The molecule has 1 heterocycles. The zero-order chi connectivity index (χ0) is 15.3. The van der Waals surface area contributed by atoms with Crippen LogP contribution in [0.5, 0.6) is 11.5 Å². The van der Waals surface area contributed by atoms with Gasteiger partial charge < -0.3 is 14.8 Å². The SMILES string of the molecule is CCOc1ccc(S(=O)(=O)NC2CCNC2)cc1OCC. The molecule has 1 unspecified atom stereocenters. The van der Waals surface area contributed by atoms with Crippen LogP contribution in [0, 0.1) is 0 Å². The second kappa shape index (κ2) is 7.11. The van der Waals surface area contributed by atoms with Gasteiger partial charge in [-0.2, -0.15) is 0 Å². The molecule has 0 radical (unpaired) electrons. The Labute approximate surface area is 125 Å². The van der Waals surface area contributed by atoms with Crippen molar-refractivity contribution >= 4 is 10.0 Å².